The molecule has 14 heavy (non-hydrogen) atoms. The first-order valence-corrected chi connectivity index (χ1v) is 4.78. The van der Waals surface area contributed by atoms with Gasteiger partial charge in [0.1, 0.15) is 6.04 Å². The normalized spacial score (nSPS) is 12.1. The van der Waals surface area contributed by atoms with Crippen LogP contribution in [0.1, 0.15) is 32.6 Å². The van der Waals surface area contributed by atoms with E-state index in [4.69, 9.17) is 16.2 Å². The van der Waals surface area contributed by atoms with Gasteiger partial charge in [0.2, 0.25) is 5.91 Å². The summed E-state index contributed by atoms with van der Waals surface area (Å²) in [5.41, 5.74) is 10.4. The summed E-state index contributed by atoms with van der Waals surface area (Å²) in [6, 6.07) is -0.737. The van der Waals surface area contributed by atoms with E-state index < -0.39 is 17.9 Å². The monoisotopic (exact) mass is 202 g/mol. The molecule has 0 heterocycles. The van der Waals surface area contributed by atoms with Crippen LogP contribution in [0.3, 0.4) is 0 Å². The van der Waals surface area contributed by atoms with Gasteiger partial charge in [-0.15, -0.1) is 0 Å². The summed E-state index contributed by atoms with van der Waals surface area (Å²) < 4.78 is 4.86. The van der Waals surface area contributed by atoms with Crippen molar-refractivity contribution < 1.29 is 14.3 Å². The zero-order valence-corrected chi connectivity index (χ0v) is 8.49. The molecular weight excluding hydrogens is 184 g/mol. The lowest BCUT2D eigenvalue weighted by molar-refractivity contribution is -0.145. The number of esters is 1. The fourth-order valence-corrected chi connectivity index (χ4v) is 0.840. The lowest BCUT2D eigenvalue weighted by Gasteiger charge is -2.09. The Labute approximate surface area is 83.8 Å². The fourth-order valence-electron chi connectivity index (χ4n) is 0.840. The number of amides is 1. The highest BCUT2D eigenvalue weighted by molar-refractivity contribution is 5.78. The van der Waals surface area contributed by atoms with Gasteiger partial charge in [0, 0.05) is 6.42 Å². The summed E-state index contributed by atoms with van der Waals surface area (Å²) in [5.74, 6) is -0.915. The summed E-state index contributed by atoms with van der Waals surface area (Å²) >= 11 is 0. The van der Waals surface area contributed by atoms with Crippen molar-refractivity contribution in [2.45, 2.75) is 38.6 Å². The molecule has 0 bridgehead atoms. The molecule has 0 spiro atoms. The Morgan fingerprint density at radius 2 is 2.07 bits per heavy atom. The van der Waals surface area contributed by atoms with Gasteiger partial charge >= 0.3 is 5.97 Å². The number of hydrogen-bond acceptors (Lipinski definition) is 4. The number of ether oxygens (including phenoxy) is 1. The first-order chi connectivity index (χ1) is 6.57. The highest BCUT2D eigenvalue weighted by atomic mass is 16.5. The molecule has 1 amide bonds. The first kappa shape index (κ1) is 12.9. The van der Waals surface area contributed by atoms with Crippen molar-refractivity contribution in [1.29, 1.82) is 0 Å². The molecule has 0 saturated carbocycles. The van der Waals surface area contributed by atoms with Crippen LogP contribution in [0, 0.1) is 0 Å². The molecule has 1 atom stereocenters. The minimum absolute atomic E-state index is 0.115. The Morgan fingerprint density at radius 1 is 1.43 bits per heavy atom. The maximum atomic E-state index is 11.1. The molecule has 5 heteroatoms. The van der Waals surface area contributed by atoms with Gasteiger partial charge in [-0.2, -0.15) is 0 Å². The predicted octanol–water partition coefficient (Wildman–Crippen LogP) is -0.0775. The summed E-state index contributed by atoms with van der Waals surface area (Å²) in [6.45, 7) is 2.39. The zero-order valence-electron chi connectivity index (χ0n) is 8.49. The van der Waals surface area contributed by atoms with E-state index >= 15 is 0 Å². The minimum Gasteiger partial charge on any atom is -0.465 e. The van der Waals surface area contributed by atoms with Crippen LogP contribution in [0.5, 0.6) is 0 Å². The molecule has 0 aromatic heterocycles. The maximum absolute atomic E-state index is 11.1. The quantitative estimate of drug-likeness (QED) is 0.446. The van der Waals surface area contributed by atoms with E-state index in [9.17, 15) is 9.59 Å². The molecule has 0 rings (SSSR count). The van der Waals surface area contributed by atoms with E-state index in [0.29, 0.717) is 6.61 Å². The van der Waals surface area contributed by atoms with Crippen LogP contribution in [0.4, 0.5) is 0 Å². The first-order valence-electron chi connectivity index (χ1n) is 4.78. The molecule has 0 unspecified atom stereocenters. The van der Waals surface area contributed by atoms with E-state index in [2.05, 4.69) is 0 Å². The summed E-state index contributed by atoms with van der Waals surface area (Å²) in [6.07, 6.45) is 2.16. The third kappa shape index (κ3) is 6.42. The molecule has 0 radical (unpaired) electrons. The molecule has 5 nitrogen and oxygen atoms in total. The summed E-state index contributed by atoms with van der Waals surface area (Å²) in [5, 5.41) is 0. The van der Waals surface area contributed by atoms with Crippen molar-refractivity contribution >= 4 is 11.9 Å². The highest BCUT2D eigenvalue weighted by Gasteiger charge is 2.15. The average molecular weight is 202 g/mol. The van der Waals surface area contributed by atoms with Crippen molar-refractivity contribution in [3.63, 3.8) is 0 Å². The van der Waals surface area contributed by atoms with E-state index in [1.165, 1.54) is 0 Å². The number of rotatable bonds is 7. The van der Waals surface area contributed by atoms with Gasteiger partial charge in [-0.3, -0.25) is 9.59 Å². The van der Waals surface area contributed by atoms with Crippen LogP contribution in [0.25, 0.3) is 0 Å². The third-order valence-electron chi connectivity index (χ3n) is 1.75. The van der Waals surface area contributed by atoms with Crippen molar-refractivity contribution in [2.75, 3.05) is 6.61 Å². The molecule has 0 aliphatic heterocycles. The predicted molar refractivity (Wildman–Crippen MR) is 52.3 cm³/mol. The lowest BCUT2D eigenvalue weighted by atomic mass is 10.1. The highest BCUT2D eigenvalue weighted by Crippen LogP contribution is 1.98. The van der Waals surface area contributed by atoms with Crippen molar-refractivity contribution in [1.82, 2.24) is 0 Å². The molecule has 0 saturated heterocycles. The van der Waals surface area contributed by atoms with Crippen molar-refractivity contribution in [2.24, 2.45) is 11.5 Å². The zero-order chi connectivity index (χ0) is 11.0. The number of nitrogens with two attached hydrogens (primary N) is 2. The van der Waals surface area contributed by atoms with E-state index in [1.54, 1.807) is 0 Å². The maximum Gasteiger partial charge on any atom is 0.322 e. The Hall–Kier alpha value is -1.10. The van der Waals surface area contributed by atoms with Crippen LogP contribution in [-0.4, -0.2) is 24.5 Å². The Bertz CT molecular complexity index is 194. The molecule has 0 fully saturated rings. The van der Waals surface area contributed by atoms with Crippen LogP contribution < -0.4 is 11.5 Å². The number of carbonyl (C=O) groups is 2. The van der Waals surface area contributed by atoms with Crippen LogP contribution >= 0.6 is 0 Å². The fraction of sp³-hybridized carbons (Fsp3) is 0.778. The molecule has 0 aliphatic rings. The minimum atomic E-state index is -0.737. The van der Waals surface area contributed by atoms with E-state index in [0.717, 1.165) is 12.8 Å². The van der Waals surface area contributed by atoms with Crippen LogP contribution in [-0.2, 0) is 14.3 Å². The van der Waals surface area contributed by atoms with Gasteiger partial charge in [0.15, 0.2) is 0 Å². The van der Waals surface area contributed by atoms with Crippen LogP contribution in [0.15, 0.2) is 0 Å². The van der Waals surface area contributed by atoms with Gasteiger partial charge < -0.3 is 16.2 Å². The second-order valence-corrected chi connectivity index (χ2v) is 3.13. The van der Waals surface area contributed by atoms with Crippen molar-refractivity contribution in [3.8, 4) is 0 Å². The molecule has 0 aliphatic carbocycles. The topological polar surface area (TPSA) is 95.4 Å². The SMILES string of the molecule is CCCCOC(=O)[C@H](N)CCC(N)=O. The largest absolute Gasteiger partial charge is 0.465 e. The Morgan fingerprint density at radius 3 is 2.57 bits per heavy atom. The van der Waals surface area contributed by atoms with Crippen molar-refractivity contribution in [3.05, 3.63) is 0 Å². The van der Waals surface area contributed by atoms with Gasteiger partial charge in [0.25, 0.3) is 0 Å². The number of carbonyl (C=O) groups excluding carboxylic acids is 2. The van der Waals surface area contributed by atoms with Crippen LogP contribution in [0.2, 0.25) is 0 Å². The van der Waals surface area contributed by atoms with E-state index in [-0.39, 0.29) is 12.8 Å². The lowest BCUT2D eigenvalue weighted by Crippen LogP contribution is -2.33. The number of primary amides is 1. The molecule has 0 aromatic rings. The second-order valence-electron chi connectivity index (χ2n) is 3.13. The summed E-state index contributed by atoms with van der Waals surface area (Å²) in [4.78, 5) is 21.5. The van der Waals surface area contributed by atoms with Gasteiger partial charge in [-0.1, -0.05) is 13.3 Å². The third-order valence-corrected chi connectivity index (χ3v) is 1.75. The molecule has 0 aromatic carbocycles. The van der Waals surface area contributed by atoms with Gasteiger partial charge in [-0.05, 0) is 12.8 Å². The number of unbranched alkanes of at least 4 members (excludes halogenated alkanes) is 1. The second kappa shape index (κ2) is 7.32. The number of hydrogen-bond donors (Lipinski definition) is 2. The van der Waals surface area contributed by atoms with E-state index in [1.807, 2.05) is 6.92 Å². The average Bonchev–Trinajstić information content (AvgIpc) is 2.14. The van der Waals surface area contributed by atoms with Gasteiger partial charge in [0.05, 0.1) is 6.61 Å². The smallest absolute Gasteiger partial charge is 0.322 e. The Balaban J connectivity index is 3.59. The van der Waals surface area contributed by atoms with Gasteiger partial charge in [-0.25, -0.2) is 0 Å². The molecular formula is C9H18N2O3. The summed E-state index contributed by atoms with van der Waals surface area (Å²) in [7, 11) is 0. The molecule has 82 valence electrons. The standard InChI is InChI=1S/C9H18N2O3/c1-2-3-6-14-9(13)7(10)4-5-8(11)12/h7H,2-6,10H2,1H3,(H2,11,12)/t7-/m1/s1. The Kier molecular flexibility index (Phi) is 6.74. The molecule has 4 N–H and O–H groups in total.